The second kappa shape index (κ2) is 5.57. The van der Waals surface area contributed by atoms with Crippen molar-refractivity contribution in [3.05, 3.63) is 23.7 Å². The van der Waals surface area contributed by atoms with Crippen molar-refractivity contribution in [1.82, 2.24) is 4.90 Å². The van der Waals surface area contributed by atoms with Gasteiger partial charge in [0.2, 0.25) is 0 Å². The maximum Gasteiger partial charge on any atom is 0.257 e. The van der Waals surface area contributed by atoms with Crippen molar-refractivity contribution >= 4 is 5.91 Å². The minimum absolute atomic E-state index is 0.0526. The van der Waals surface area contributed by atoms with Crippen LogP contribution in [0.2, 0.25) is 0 Å². The quantitative estimate of drug-likeness (QED) is 0.894. The summed E-state index contributed by atoms with van der Waals surface area (Å²) in [7, 11) is 0. The highest BCUT2D eigenvalue weighted by Gasteiger charge is 2.30. The van der Waals surface area contributed by atoms with E-state index in [0.29, 0.717) is 18.0 Å². The number of carbonyl (C=O) groups excluding carboxylic acids is 1. The Labute approximate surface area is 108 Å². The molecule has 0 saturated carbocycles. The van der Waals surface area contributed by atoms with E-state index < -0.39 is 0 Å². The van der Waals surface area contributed by atoms with Gasteiger partial charge in [-0.05, 0) is 31.7 Å². The van der Waals surface area contributed by atoms with Crippen LogP contribution >= 0.6 is 0 Å². The lowest BCUT2D eigenvalue weighted by atomic mass is 9.88. The van der Waals surface area contributed by atoms with Crippen LogP contribution in [0, 0.1) is 12.8 Å². The summed E-state index contributed by atoms with van der Waals surface area (Å²) in [6.07, 6.45) is 4.81. The van der Waals surface area contributed by atoms with E-state index in [2.05, 4.69) is 6.92 Å². The van der Waals surface area contributed by atoms with Gasteiger partial charge in [-0.15, -0.1) is 0 Å². The number of amides is 1. The fraction of sp³-hybridized carbons (Fsp3) is 0.643. The summed E-state index contributed by atoms with van der Waals surface area (Å²) in [6.45, 7) is 5.40. The first-order valence-corrected chi connectivity index (χ1v) is 6.71. The first kappa shape index (κ1) is 13.1. The smallest absolute Gasteiger partial charge is 0.257 e. The molecule has 1 aromatic rings. The fourth-order valence-electron chi connectivity index (χ4n) is 2.72. The lowest BCUT2D eigenvalue weighted by molar-refractivity contribution is 0.0558. The zero-order valence-corrected chi connectivity index (χ0v) is 11.2. The van der Waals surface area contributed by atoms with Gasteiger partial charge in [-0.3, -0.25) is 4.79 Å². The zero-order chi connectivity index (χ0) is 13.1. The summed E-state index contributed by atoms with van der Waals surface area (Å²) in [6, 6.07) is 1.97. The van der Waals surface area contributed by atoms with E-state index in [4.69, 9.17) is 10.2 Å². The highest BCUT2D eigenvalue weighted by atomic mass is 16.3. The Kier molecular flexibility index (Phi) is 4.07. The Hall–Kier alpha value is -1.29. The number of nitrogens with zero attached hydrogens (tertiary/aromatic N) is 1. The maximum absolute atomic E-state index is 12.4. The molecule has 2 heterocycles. The number of likely N-dealkylation sites (tertiary alicyclic amines) is 1. The van der Waals surface area contributed by atoms with Crippen LogP contribution in [0.25, 0.3) is 0 Å². The topological polar surface area (TPSA) is 59.5 Å². The predicted octanol–water partition coefficient (Wildman–Crippen LogP) is 2.18. The van der Waals surface area contributed by atoms with Crippen molar-refractivity contribution in [3.63, 3.8) is 0 Å². The van der Waals surface area contributed by atoms with E-state index in [1.807, 2.05) is 11.8 Å². The van der Waals surface area contributed by atoms with E-state index in [0.717, 1.165) is 25.1 Å². The monoisotopic (exact) mass is 250 g/mol. The van der Waals surface area contributed by atoms with Gasteiger partial charge in [0.1, 0.15) is 12.0 Å². The van der Waals surface area contributed by atoms with Gasteiger partial charge in [-0.1, -0.05) is 13.3 Å². The molecule has 2 unspecified atom stereocenters. The molecular formula is C14H22N2O2. The number of piperidine rings is 1. The van der Waals surface area contributed by atoms with Crippen LogP contribution in [0.1, 0.15) is 42.3 Å². The number of furan rings is 1. The first-order valence-electron chi connectivity index (χ1n) is 6.71. The standard InChI is InChI=1S/C14H22N2O2/c1-3-11-4-5-16(13(7-11)8-15)14(17)12-6-10(2)18-9-12/h6,9,11,13H,3-5,7-8,15H2,1-2H3. The Bertz CT molecular complexity index is 414. The molecular weight excluding hydrogens is 228 g/mol. The summed E-state index contributed by atoms with van der Waals surface area (Å²) < 4.78 is 5.21. The van der Waals surface area contributed by atoms with Crippen molar-refractivity contribution in [1.29, 1.82) is 0 Å². The molecule has 100 valence electrons. The number of carbonyl (C=O) groups is 1. The predicted molar refractivity (Wildman–Crippen MR) is 70.3 cm³/mol. The molecule has 1 aliphatic heterocycles. The molecule has 0 spiro atoms. The van der Waals surface area contributed by atoms with Gasteiger partial charge < -0.3 is 15.1 Å². The highest BCUT2D eigenvalue weighted by Crippen LogP contribution is 2.26. The van der Waals surface area contributed by atoms with E-state index in [1.165, 1.54) is 12.7 Å². The van der Waals surface area contributed by atoms with Crippen LogP contribution in [-0.4, -0.2) is 29.9 Å². The van der Waals surface area contributed by atoms with E-state index in [1.54, 1.807) is 6.07 Å². The SMILES string of the molecule is CCC1CCN(C(=O)c2coc(C)c2)C(CN)C1. The van der Waals surface area contributed by atoms with Crippen molar-refractivity contribution in [2.75, 3.05) is 13.1 Å². The van der Waals surface area contributed by atoms with Crippen molar-refractivity contribution in [2.24, 2.45) is 11.7 Å². The van der Waals surface area contributed by atoms with Crippen LogP contribution in [0.4, 0.5) is 0 Å². The van der Waals surface area contributed by atoms with Gasteiger partial charge >= 0.3 is 0 Å². The van der Waals surface area contributed by atoms with E-state index in [9.17, 15) is 4.79 Å². The molecule has 1 amide bonds. The highest BCUT2D eigenvalue weighted by molar-refractivity contribution is 5.94. The molecule has 4 nitrogen and oxygen atoms in total. The summed E-state index contributed by atoms with van der Waals surface area (Å²) in [5, 5.41) is 0. The molecule has 0 aromatic carbocycles. The van der Waals surface area contributed by atoms with Crippen molar-refractivity contribution in [3.8, 4) is 0 Å². The van der Waals surface area contributed by atoms with Gasteiger partial charge in [0.25, 0.3) is 5.91 Å². The largest absolute Gasteiger partial charge is 0.469 e. The lowest BCUT2D eigenvalue weighted by Gasteiger charge is -2.38. The molecule has 2 atom stereocenters. The average Bonchev–Trinajstić information content (AvgIpc) is 2.83. The summed E-state index contributed by atoms with van der Waals surface area (Å²) >= 11 is 0. The van der Waals surface area contributed by atoms with E-state index >= 15 is 0 Å². The summed E-state index contributed by atoms with van der Waals surface area (Å²) in [5.41, 5.74) is 6.45. The van der Waals surface area contributed by atoms with E-state index in [-0.39, 0.29) is 11.9 Å². The second-order valence-corrected chi connectivity index (χ2v) is 5.13. The lowest BCUT2D eigenvalue weighted by Crippen LogP contribution is -2.49. The molecule has 1 fully saturated rings. The number of rotatable bonds is 3. The Balaban J connectivity index is 2.10. The fourth-order valence-corrected chi connectivity index (χ4v) is 2.72. The maximum atomic E-state index is 12.4. The minimum Gasteiger partial charge on any atom is -0.469 e. The van der Waals surface area contributed by atoms with Gasteiger partial charge in [-0.2, -0.15) is 0 Å². The molecule has 4 heteroatoms. The minimum atomic E-state index is 0.0526. The third-order valence-corrected chi connectivity index (χ3v) is 3.91. The molecule has 1 aliphatic rings. The number of nitrogens with two attached hydrogens (primary N) is 1. The van der Waals surface area contributed by atoms with Crippen LogP contribution in [-0.2, 0) is 0 Å². The molecule has 0 bridgehead atoms. The normalized spacial score (nSPS) is 24.3. The summed E-state index contributed by atoms with van der Waals surface area (Å²) in [5.74, 6) is 1.52. The van der Waals surface area contributed by atoms with Gasteiger partial charge in [0.05, 0.1) is 5.56 Å². The molecule has 0 radical (unpaired) electrons. The average molecular weight is 250 g/mol. The van der Waals surface area contributed by atoms with Crippen molar-refractivity contribution < 1.29 is 9.21 Å². The molecule has 2 rings (SSSR count). The third kappa shape index (κ3) is 2.58. The van der Waals surface area contributed by atoms with Crippen LogP contribution in [0.15, 0.2) is 16.7 Å². The second-order valence-electron chi connectivity index (χ2n) is 5.13. The number of hydrogen-bond acceptors (Lipinski definition) is 3. The first-order chi connectivity index (χ1) is 8.65. The zero-order valence-electron chi connectivity index (χ0n) is 11.2. The van der Waals surface area contributed by atoms with Crippen LogP contribution in [0.3, 0.4) is 0 Å². The summed E-state index contributed by atoms with van der Waals surface area (Å²) in [4.78, 5) is 14.3. The van der Waals surface area contributed by atoms with Gasteiger partial charge in [0.15, 0.2) is 0 Å². The molecule has 18 heavy (non-hydrogen) atoms. The molecule has 1 aromatic heterocycles. The third-order valence-electron chi connectivity index (χ3n) is 3.91. The molecule has 1 saturated heterocycles. The van der Waals surface area contributed by atoms with Crippen molar-refractivity contribution in [2.45, 2.75) is 39.2 Å². The molecule has 2 N–H and O–H groups in total. The number of aryl methyl sites for hydroxylation is 1. The van der Waals surface area contributed by atoms with Crippen LogP contribution < -0.4 is 5.73 Å². The Morgan fingerprint density at radius 1 is 1.61 bits per heavy atom. The number of hydrogen-bond donors (Lipinski definition) is 1. The van der Waals surface area contributed by atoms with Crippen LogP contribution in [0.5, 0.6) is 0 Å². The van der Waals surface area contributed by atoms with Gasteiger partial charge in [-0.25, -0.2) is 0 Å². The Morgan fingerprint density at radius 3 is 2.94 bits per heavy atom. The Morgan fingerprint density at radius 2 is 2.39 bits per heavy atom. The molecule has 0 aliphatic carbocycles. The van der Waals surface area contributed by atoms with Gasteiger partial charge in [0, 0.05) is 19.1 Å².